The summed E-state index contributed by atoms with van der Waals surface area (Å²) in [5, 5.41) is 0. The third kappa shape index (κ3) is 2.33. The molecule has 1 aromatic rings. The van der Waals surface area contributed by atoms with Crippen molar-refractivity contribution >= 4 is 21.9 Å². The summed E-state index contributed by atoms with van der Waals surface area (Å²) in [7, 11) is 3.39. The fraction of sp³-hybridized carbons (Fsp3) is 0.429. The van der Waals surface area contributed by atoms with E-state index in [0.717, 1.165) is 0 Å². The highest BCUT2D eigenvalue weighted by atomic mass is 79.9. The van der Waals surface area contributed by atoms with E-state index in [1.54, 1.807) is 19.0 Å². The molecule has 1 rings (SSSR count). The van der Waals surface area contributed by atoms with Crippen molar-refractivity contribution in [3.8, 4) is 0 Å². The number of nitrogens with zero attached hydrogens (tertiary/aromatic N) is 3. The molecule has 1 aromatic heterocycles. The first-order chi connectivity index (χ1) is 6.02. The summed E-state index contributed by atoms with van der Waals surface area (Å²) in [6.45, 7) is 0. The highest BCUT2D eigenvalue weighted by Crippen LogP contribution is 2.25. The van der Waals surface area contributed by atoms with Crippen molar-refractivity contribution in [2.75, 3.05) is 19.0 Å². The van der Waals surface area contributed by atoms with Gasteiger partial charge in [0.2, 0.25) is 5.95 Å². The van der Waals surface area contributed by atoms with Gasteiger partial charge >= 0.3 is 0 Å². The Bertz CT molecular complexity index is 304. The van der Waals surface area contributed by atoms with Gasteiger partial charge < -0.3 is 4.90 Å². The van der Waals surface area contributed by atoms with E-state index in [1.807, 2.05) is 0 Å². The molecular weight excluding hydrogens is 244 g/mol. The average molecular weight is 252 g/mol. The Morgan fingerprint density at radius 2 is 2.08 bits per heavy atom. The second-order valence-electron chi connectivity index (χ2n) is 2.60. The maximum Gasteiger partial charge on any atom is 0.281 e. The minimum absolute atomic E-state index is 0.230. The largest absolute Gasteiger partial charge is 0.347 e. The second kappa shape index (κ2) is 3.95. The first-order valence-electron chi connectivity index (χ1n) is 3.50. The second-order valence-corrected chi connectivity index (χ2v) is 3.45. The molecule has 0 aromatic carbocycles. The fourth-order valence-corrected chi connectivity index (χ4v) is 1.10. The van der Waals surface area contributed by atoms with Crippen molar-refractivity contribution in [3.05, 3.63) is 16.4 Å². The molecule has 0 aliphatic heterocycles. The van der Waals surface area contributed by atoms with Gasteiger partial charge in [-0.2, -0.15) is 0 Å². The van der Waals surface area contributed by atoms with Gasteiger partial charge in [-0.25, -0.2) is 18.7 Å². The molecule has 0 unspecified atom stereocenters. The lowest BCUT2D eigenvalue weighted by Crippen LogP contribution is -2.13. The van der Waals surface area contributed by atoms with Gasteiger partial charge in [-0.15, -0.1) is 0 Å². The lowest BCUT2D eigenvalue weighted by atomic mass is 10.4. The van der Waals surface area contributed by atoms with Crippen molar-refractivity contribution in [2.45, 2.75) is 6.43 Å². The zero-order valence-electron chi connectivity index (χ0n) is 7.13. The van der Waals surface area contributed by atoms with Gasteiger partial charge in [-0.3, -0.25) is 0 Å². The van der Waals surface area contributed by atoms with Gasteiger partial charge in [-0.1, -0.05) is 0 Å². The van der Waals surface area contributed by atoms with Gasteiger partial charge in [0.1, 0.15) is 5.69 Å². The predicted molar refractivity (Wildman–Crippen MR) is 49.0 cm³/mol. The predicted octanol–water partition coefficient (Wildman–Crippen LogP) is 2.24. The minimum atomic E-state index is -2.59. The van der Waals surface area contributed by atoms with E-state index in [1.165, 1.54) is 6.20 Å². The minimum Gasteiger partial charge on any atom is -0.347 e. The van der Waals surface area contributed by atoms with Crippen molar-refractivity contribution in [2.24, 2.45) is 0 Å². The summed E-state index contributed by atoms with van der Waals surface area (Å²) in [5.74, 6) is 0.276. The molecule has 0 spiro atoms. The maximum absolute atomic E-state index is 12.3. The Morgan fingerprint density at radius 1 is 1.46 bits per heavy atom. The van der Waals surface area contributed by atoms with Gasteiger partial charge in [0.05, 0.1) is 4.47 Å². The summed E-state index contributed by atoms with van der Waals surface area (Å²) < 4.78 is 24.9. The van der Waals surface area contributed by atoms with Gasteiger partial charge in [0.15, 0.2) is 0 Å². The molecule has 0 amide bonds. The third-order valence-corrected chi connectivity index (χ3v) is 1.98. The molecule has 13 heavy (non-hydrogen) atoms. The van der Waals surface area contributed by atoms with E-state index in [9.17, 15) is 8.78 Å². The van der Waals surface area contributed by atoms with Crippen molar-refractivity contribution in [3.63, 3.8) is 0 Å². The average Bonchev–Trinajstić information content (AvgIpc) is 2.04. The Hall–Kier alpha value is -0.780. The van der Waals surface area contributed by atoms with Crippen LogP contribution in [0.25, 0.3) is 0 Å². The molecule has 72 valence electrons. The SMILES string of the molecule is CN(C)c1ncc(Br)c(C(F)F)n1. The summed E-state index contributed by atoms with van der Waals surface area (Å²) in [6.07, 6.45) is -1.26. The lowest BCUT2D eigenvalue weighted by Gasteiger charge is -2.11. The number of rotatable bonds is 2. The quantitative estimate of drug-likeness (QED) is 0.808. The van der Waals surface area contributed by atoms with Crippen LogP contribution >= 0.6 is 15.9 Å². The van der Waals surface area contributed by atoms with E-state index >= 15 is 0 Å². The smallest absolute Gasteiger partial charge is 0.281 e. The molecule has 0 N–H and O–H groups in total. The highest BCUT2D eigenvalue weighted by molar-refractivity contribution is 9.10. The Labute approximate surface area is 82.9 Å². The molecule has 0 saturated carbocycles. The lowest BCUT2D eigenvalue weighted by molar-refractivity contribution is 0.145. The molecule has 1 heterocycles. The zero-order valence-corrected chi connectivity index (χ0v) is 8.72. The van der Waals surface area contributed by atoms with Crippen molar-refractivity contribution < 1.29 is 8.78 Å². The molecule has 0 saturated heterocycles. The van der Waals surface area contributed by atoms with E-state index in [0.29, 0.717) is 0 Å². The number of hydrogen-bond donors (Lipinski definition) is 0. The van der Waals surface area contributed by atoms with Crippen LogP contribution in [0.1, 0.15) is 12.1 Å². The van der Waals surface area contributed by atoms with E-state index < -0.39 is 6.43 Å². The van der Waals surface area contributed by atoms with Gasteiger partial charge in [0.25, 0.3) is 6.43 Å². The highest BCUT2D eigenvalue weighted by Gasteiger charge is 2.15. The molecule has 0 radical (unpaired) electrons. The van der Waals surface area contributed by atoms with Crippen LogP contribution in [0.2, 0.25) is 0 Å². The van der Waals surface area contributed by atoms with Crippen molar-refractivity contribution in [1.82, 2.24) is 9.97 Å². The van der Waals surface area contributed by atoms with Crippen LogP contribution in [0.5, 0.6) is 0 Å². The molecule has 6 heteroatoms. The number of hydrogen-bond acceptors (Lipinski definition) is 3. The number of aromatic nitrogens is 2. The van der Waals surface area contributed by atoms with E-state index in [2.05, 4.69) is 25.9 Å². The topological polar surface area (TPSA) is 29.0 Å². The first-order valence-corrected chi connectivity index (χ1v) is 4.29. The van der Waals surface area contributed by atoms with Crippen LogP contribution < -0.4 is 4.90 Å². The van der Waals surface area contributed by atoms with Crippen LogP contribution in [0, 0.1) is 0 Å². The van der Waals surface area contributed by atoms with Gasteiger partial charge in [0, 0.05) is 20.3 Å². The van der Waals surface area contributed by atoms with Crippen LogP contribution in [0.4, 0.5) is 14.7 Å². The summed E-state index contributed by atoms with van der Waals surface area (Å²) in [5.41, 5.74) is -0.279. The Morgan fingerprint density at radius 3 is 2.54 bits per heavy atom. The monoisotopic (exact) mass is 251 g/mol. The zero-order chi connectivity index (χ0) is 10.0. The van der Waals surface area contributed by atoms with Crippen LogP contribution in [-0.4, -0.2) is 24.1 Å². The van der Waals surface area contributed by atoms with Crippen LogP contribution in [-0.2, 0) is 0 Å². The van der Waals surface area contributed by atoms with Crippen LogP contribution in [0.3, 0.4) is 0 Å². The van der Waals surface area contributed by atoms with E-state index in [4.69, 9.17) is 0 Å². The third-order valence-electron chi connectivity index (χ3n) is 1.37. The number of alkyl halides is 2. The fourth-order valence-electron chi connectivity index (χ4n) is 0.739. The standard InChI is InChI=1S/C7H8BrF2N3/c1-13(2)7-11-3-4(8)5(12-7)6(9)10/h3,6H,1-2H3. The first kappa shape index (κ1) is 10.3. The van der Waals surface area contributed by atoms with Gasteiger partial charge in [-0.05, 0) is 15.9 Å². The Balaban J connectivity index is 3.11. The molecular formula is C7H8BrF2N3. The Kier molecular flexibility index (Phi) is 3.13. The molecule has 0 aliphatic rings. The van der Waals surface area contributed by atoms with Crippen LogP contribution in [0.15, 0.2) is 10.7 Å². The normalized spacial score (nSPS) is 10.6. The summed E-state index contributed by atoms with van der Waals surface area (Å²) in [4.78, 5) is 9.11. The molecule has 0 bridgehead atoms. The summed E-state index contributed by atoms with van der Waals surface area (Å²) in [6, 6.07) is 0. The molecule has 0 aliphatic carbocycles. The maximum atomic E-state index is 12.3. The van der Waals surface area contributed by atoms with E-state index in [-0.39, 0.29) is 16.1 Å². The number of halogens is 3. The number of anilines is 1. The molecule has 0 atom stereocenters. The molecule has 3 nitrogen and oxygen atoms in total. The van der Waals surface area contributed by atoms with Crippen molar-refractivity contribution in [1.29, 1.82) is 0 Å². The summed E-state index contributed by atoms with van der Waals surface area (Å²) >= 11 is 2.96. The molecule has 0 fully saturated rings.